The molecule has 19 heavy (non-hydrogen) atoms. The van der Waals surface area contributed by atoms with E-state index in [9.17, 15) is 14.7 Å². The first-order chi connectivity index (χ1) is 8.92. The fourth-order valence-corrected chi connectivity index (χ4v) is 1.43. The van der Waals surface area contributed by atoms with Crippen LogP contribution in [0.15, 0.2) is 24.8 Å². The Bertz CT molecular complexity index is 634. The highest BCUT2D eigenvalue weighted by atomic mass is 16.4. The van der Waals surface area contributed by atoms with Crippen LogP contribution in [0.3, 0.4) is 0 Å². The van der Waals surface area contributed by atoms with Gasteiger partial charge in [-0.25, -0.2) is 9.31 Å². The number of nitrogens with zero attached hydrogens (tertiary/aromatic N) is 3. The second-order valence-corrected chi connectivity index (χ2v) is 4.23. The fraction of sp³-hybridized carbons (Fsp3) is 0.273. The summed E-state index contributed by atoms with van der Waals surface area (Å²) in [6, 6.07) is 0. The van der Waals surface area contributed by atoms with Crippen LogP contribution < -0.4 is 5.32 Å². The van der Waals surface area contributed by atoms with Gasteiger partial charge in [-0.3, -0.25) is 9.78 Å². The van der Waals surface area contributed by atoms with E-state index in [1.54, 1.807) is 6.20 Å². The largest absolute Gasteiger partial charge is 0.479 e. The monoisotopic (exact) mass is 264 g/mol. The molecule has 0 aliphatic heterocycles. The molecular formula is C11H12N4O4. The van der Waals surface area contributed by atoms with E-state index in [0.29, 0.717) is 5.52 Å². The maximum Gasteiger partial charge on any atom is 0.337 e. The van der Waals surface area contributed by atoms with Gasteiger partial charge in [-0.05, 0) is 6.92 Å². The first-order valence-corrected chi connectivity index (χ1v) is 5.43. The van der Waals surface area contributed by atoms with Crippen molar-refractivity contribution < 1.29 is 19.8 Å². The minimum absolute atomic E-state index is 0.259. The predicted octanol–water partition coefficient (Wildman–Crippen LogP) is -0.705. The van der Waals surface area contributed by atoms with Crippen molar-refractivity contribution >= 4 is 17.4 Å². The lowest BCUT2D eigenvalue weighted by molar-refractivity contribution is -0.155. The molecule has 0 fully saturated rings. The number of amides is 1. The zero-order valence-corrected chi connectivity index (χ0v) is 10.1. The third-order valence-corrected chi connectivity index (χ3v) is 2.62. The Morgan fingerprint density at radius 2 is 2.21 bits per heavy atom. The van der Waals surface area contributed by atoms with Crippen LogP contribution in [0.25, 0.3) is 5.52 Å². The van der Waals surface area contributed by atoms with Gasteiger partial charge in [0.15, 0.2) is 5.60 Å². The Hall–Kier alpha value is -2.48. The second kappa shape index (κ2) is 4.65. The lowest BCUT2D eigenvalue weighted by Gasteiger charge is -2.17. The molecule has 0 bridgehead atoms. The number of aliphatic carboxylic acids is 1. The molecule has 0 spiro atoms. The van der Waals surface area contributed by atoms with Crippen molar-refractivity contribution in [2.75, 3.05) is 6.54 Å². The molecule has 0 saturated heterocycles. The van der Waals surface area contributed by atoms with Gasteiger partial charge in [0.05, 0.1) is 30.0 Å². The van der Waals surface area contributed by atoms with Crippen molar-refractivity contribution in [2.45, 2.75) is 12.5 Å². The molecule has 2 aromatic heterocycles. The van der Waals surface area contributed by atoms with Crippen molar-refractivity contribution in [1.82, 2.24) is 19.9 Å². The van der Waals surface area contributed by atoms with Crippen LogP contribution >= 0.6 is 0 Å². The molecule has 1 amide bonds. The summed E-state index contributed by atoms with van der Waals surface area (Å²) in [6.07, 6.45) is 5.93. The number of carbonyl (C=O) groups excluding carboxylic acids is 1. The number of aliphatic hydroxyl groups is 1. The topological polar surface area (TPSA) is 117 Å². The Labute approximate surface area is 107 Å². The summed E-state index contributed by atoms with van der Waals surface area (Å²) in [5, 5.41) is 24.5. The van der Waals surface area contributed by atoms with Crippen molar-refractivity contribution in [3.05, 3.63) is 30.4 Å². The van der Waals surface area contributed by atoms with Gasteiger partial charge in [0.1, 0.15) is 0 Å². The summed E-state index contributed by atoms with van der Waals surface area (Å²) in [5.74, 6) is -1.93. The van der Waals surface area contributed by atoms with E-state index in [1.807, 2.05) is 0 Å². The summed E-state index contributed by atoms with van der Waals surface area (Å²) in [6.45, 7) is 0.700. The molecule has 3 N–H and O–H groups in total. The zero-order chi connectivity index (χ0) is 14.0. The van der Waals surface area contributed by atoms with Crippen LogP contribution in [-0.2, 0) is 4.79 Å². The molecule has 1 unspecified atom stereocenters. The highest BCUT2D eigenvalue weighted by Gasteiger charge is 2.30. The molecule has 2 heterocycles. The smallest absolute Gasteiger partial charge is 0.337 e. The van der Waals surface area contributed by atoms with E-state index in [2.05, 4.69) is 15.4 Å². The van der Waals surface area contributed by atoms with E-state index < -0.39 is 24.0 Å². The summed E-state index contributed by atoms with van der Waals surface area (Å²) < 4.78 is 1.47. The van der Waals surface area contributed by atoms with Crippen LogP contribution in [-0.4, -0.2) is 48.8 Å². The molecule has 2 rings (SSSR count). The van der Waals surface area contributed by atoms with Crippen molar-refractivity contribution in [3.8, 4) is 0 Å². The van der Waals surface area contributed by atoms with Gasteiger partial charge in [-0.2, -0.15) is 5.10 Å². The number of carboxylic acid groups (broad SMARTS) is 1. The number of aromatic nitrogens is 3. The molecule has 8 nitrogen and oxygen atoms in total. The minimum atomic E-state index is -2.02. The third-order valence-electron chi connectivity index (χ3n) is 2.62. The lowest BCUT2D eigenvalue weighted by atomic mass is 10.1. The first-order valence-electron chi connectivity index (χ1n) is 5.43. The van der Waals surface area contributed by atoms with E-state index in [0.717, 1.165) is 6.92 Å². The molecule has 1 atom stereocenters. The normalized spacial score (nSPS) is 14.0. The van der Waals surface area contributed by atoms with Gasteiger partial charge in [0, 0.05) is 12.4 Å². The van der Waals surface area contributed by atoms with Crippen LogP contribution in [0.4, 0.5) is 0 Å². The molecule has 0 aliphatic rings. The highest BCUT2D eigenvalue weighted by Crippen LogP contribution is 2.09. The van der Waals surface area contributed by atoms with E-state index in [-0.39, 0.29) is 5.56 Å². The van der Waals surface area contributed by atoms with Crippen LogP contribution in [0, 0.1) is 0 Å². The first kappa shape index (κ1) is 13.0. The van der Waals surface area contributed by atoms with Gasteiger partial charge in [-0.15, -0.1) is 0 Å². The standard InChI is InChI=1S/C11H12N4O4/c1-11(19,10(17)18)6-13-9(16)7-4-14-15-3-2-12-5-8(7)15/h2-5,19H,6H2,1H3,(H,13,16)(H,17,18). The number of carboxylic acids is 1. The van der Waals surface area contributed by atoms with Crippen LogP contribution in [0.1, 0.15) is 17.3 Å². The summed E-state index contributed by atoms with van der Waals surface area (Å²) >= 11 is 0. The van der Waals surface area contributed by atoms with E-state index in [4.69, 9.17) is 5.11 Å². The summed E-state index contributed by atoms with van der Waals surface area (Å²) in [4.78, 5) is 26.5. The Balaban J connectivity index is 2.15. The fourth-order valence-electron chi connectivity index (χ4n) is 1.43. The quantitative estimate of drug-likeness (QED) is 0.672. The van der Waals surface area contributed by atoms with Crippen LogP contribution in [0.2, 0.25) is 0 Å². The molecule has 2 aromatic rings. The Morgan fingerprint density at radius 1 is 1.47 bits per heavy atom. The second-order valence-electron chi connectivity index (χ2n) is 4.23. The predicted molar refractivity (Wildman–Crippen MR) is 63.6 cm³/mol. The van der Waals surface area contributed by atoms with Gasteiger partial charge < -0.3 is 15.5 Å². The van der Waals surface area contributed by atoms with Crippen molar-refractivity contribution in [2.24, 2.45) is 0 Å². The van der Waals surface area contributed by atoms with Crippen molar-refractivity contribution in [1.29, 1.82) is 0 Å². The molecule has 100 valence electrons. The number of rotatable bonds is 4. The van der Waals surface area contributed by atoms with Gasteiger partial charge >= 0.3 is 5.97 Å². The minimum Gasteiger partial charge on any atom is -0.479 e. The van der Waals surface area contributed by atoms with Gasteiger partial charge in [0.2, 0.25) is 0 Å². The number of hydrogen-bond donors (Lipinski definition) is 3. The highest BCUT2D eigenvalue weighted by molar-refractivity contribution is 6.00. The molecule has 0 aliphatic carbocycles. The summed E-state index contributed by atoms with van der Waals surface area (Å²) in [5.41, 5.74) is -1.26. The lowest BCUT2D eigenvalue weighted by Crippen LogP contribution is -2.46. The van der Waals surface area contributed by atoms with Gasteiger partial charge in [-0.1, -0.05) is 0 Å². The molecular weight excluding hydrogens is 252 g/mol. The maximum atomic E-state index is 11.9. The Kier molecular flexibility index (Phi) is 3.17. The van der Waals surface area contributed by atoms with E-state index in [1.165, 1.54) is 23.1 Å². The third kappa shape index (κ3) is 2.52. The van der Waals surface area contributed by atoms with E-state index >= 15 is 0 Å². The maximum absolute atomic E-state index is 11.9. The summed E-state index contributed by atoms with van der Waals surface area (Å²) in [7, 11) is 0. The number of fused-ring (bicyclic) bond motifs is 1. The Morgan fingerprint density at radius 3 is 2.89 bits per heavy atom. The SMILES string of the molecule is CC(O)(CNC(=O)c1cnn2ccncc12)C(=O)O. The zero-order valence-electron chi connectivity index (χ0n) is 10.1. The average molecular weight is 264 g/mol. The average Bonchev–Trinajstić information content (AvgIpc) is 2.79. The molecule has 8 heteroatoms. The molecule has 0 radical (unpaired) electrons. The van der Waals surface area contributed by atoms with Crippen LogP contribution in [0.5, 0.6) is 0 Å². The van der Waals surface area contributed by atoms with Crippen molar-refractivity contribution in [3.63, 3.8) is 0 Å². The molecule has 0 aromatic carbocycles. The molecule has 0 saturated carbocycles. The number of nitrogens with one attached hydrogen (secondary N) is 1. The van der Waals surface area contributed by atoms with Gasteiger partial charge in [0.25, 0.3) is 5.91 Å². The number of carbonyl (C=O) groups is 2. The number of hydrogen-bond acceptors (Lipinski definition) is 5.